The fraction of sp³-hybridized carbons (Fsp3) is 0.737. The smallest absolute Gasteiger partial charge is 0.194 e. The van der Waals surface area contributed by atoms with E-state index in [9.17, 15) is 8.42 Å². The molecule has 3 heterocycles. The van der Waals surface area contributed by atoms with Crippen molar-refractivity contribution in [1.29, 1.82) is 0 Å². The Bertz CT molecular complexity index is 722. The molecule has 0 saturated carbocycles. The lowest BCUT2D eigenvalue weighted by atomic mass is 10.1. The lowest BCUT2D eigenvalue weighted by Gasteiger charge is -2.39. The lowest BCUT2D eigenvalue weighted by molar-refractivity contribution is 0.0223. The van der Waals surface area contributed by atoms with Gasteiger partial charge in [0.05, 0.1) is 29.4 Å². The number of rotatable bonds is 5. The van der Waals surface area contributed by atoms with Crippen molar-refractivity contribution in [3.8, 4) is 0 Å². The van der Waals surface area contributed by atoms with Gasteiger partial charge in [-0.15, -0.1) is 0 Å². The van der Waals surface area contributed by atoms with E-state index in [1.807, 2.05) is 12.1 Å². The SMILES string of the molecule is CC1(C)CN(C(=NCC2CCCCO2)NCCc2ccco2)CCS1(=O)=O. The van der Waals surface area contributed by atoms with Crippen LogP contribution in [0.25, 0.3) is 0 Å². The Balaban J connectivity index is 1.66. The van der Waals surface area contributed by atoms with Crippen molar-refractivity contribution >= 4 is 15.8 Å². The van der Waals surface area contributed by atoms with Gasteiger partial charge in [0, 0.05) is 32.7 Å². The first-order valence-electron chi connectivity index (χ1n) is 9.77. The van der Waals surface area contributed by atoms with E-state index in [1.54, 1.807) is 20.1 Å². The standard InChI is InChI=1S/C19H31N3O4S/c1-19(2)15-22(10-13-27(19,23)24)18(20-9-8-16-7-5-12-25-16)21-14-17-6-3-4-11-26-17/h5,7,12,17H,3-4,6,8-11,13-15H2,1-2H3,(H,20,21). The summed E-state index contributed by atoms with van der Waals surface area (Å²) in [5.41, 5.74) is 0. The first-order valence-corrected chi connectivity index (χ1v) is 11.4. The van der Waals surface area contributed by atoms with Gasteiger partial charge in [-0.3, -0.25) is 4.99 Å². The van der Waals surface area contributed by atoms with Crippen LogP contribution in [0.2, 0.25) is 0 Å². The Hall–Kier alpha value is -1.54. The Morgan fingerprint density at radius 1 is 1.41 bits per heavy atom. The highest BCUT2D eigenvalue weighted by molar-refractivity contribution is 7.92. The molecule has 1 atom stereocenters. The lowest BCUT2D eigenvalue weighted by Crippen LogP contribution is -2.57. The average molecular weight is 398 g/mol. The molecule has 0 amide bonds. The molecule has 0 aromatic carbocycles. The van der Waals surface area contributed by atoms with E-state index >= 15 is 0 Å². The van der Waals surface area contributed by atoms with Crippen molar-refractivity contribution in [2.24, 2.45) is 4.99 Å². The van der Waals surface area contributed by atoms with Gasteiger partial charge in [-0.05, 0) is 45.2 Å². The third kappa shape index (κ3) is 5.25. The number of nitrogens with one attached hydrogen (secondary N) is 1. The van der Waals surface area contributed by atoms with Crippen molar-refractivity contribution in [3.05, 3.63) is 24.2 Å². The second-order valence-corrected chi connectivity index (χ2v) is 10.7. The molecule has 2 saturated heterocycles. The van der Waals surface area contributed by atoms with E-state index in [0.717, 1.165) is 37.6 Å². The van der Waals surface area contributed by atoms with Crippen molar-refractivity contribution in [2.45, 2.75) is 50.4 Å². The molecule has 0 aliphatic carbocycles. The van der Waals surface area contributed by atoms with Crippen molar-refractivity contribution in [1.82, 2.24) is 10.2 Å². The minimum Gasteiger partial charge on any atom is -0.469 e. The number of aliphatic imine (C=N–C) groups is 1. The second kappa shape index (κ2) is 8.65. The van der Waals surface area contributed by atoms with Crippen LogP contribution in [0.15, 0.2) is 27.8 Å². The van der Waals surface area contributed by atoms with Gasteiger partial charge in [0.25, 0.3) is 0 Å². The molecule has 8 heteroatoms. The van der Waals surface area contributed by atoms with Crippen LogP contribution in [0.3, 0.4) is 0 Å². The summed E-state index contributed by atoms with van der Waals surface area (Å²) in [6, 6.07) is 3.83. The normalized spacial score (nSPS) is 25.3. The molecule has 1 unspecified atom stereocenters. The summed E-state index contributed by atoms with van der Waals surface area (Å²) in [5.74, 6) is 1.83. The van der Waals surface area contributed by atoms with E-state index in [1.165, 1.54) is 6.42 Å². The number of ether oxygens (including phenoxy) is 1. The zero-order chi connectivity index (χ0) is 19.3. The molecule has 1 aromatic rings. The number of sulfone groups is 1. The fourth-order valence-electron chi connectivity index (χ4n) is 3.48. The Labute approximate surface area is 162 Å². The van der Waals surface area contributed by atoms with Gasteiger partial charge in [-0.1, -0.05) is 0 Å². The molecule has 0 spiro atoms. The van der Waals surface area contributed by atoms with Crippen LogP contribution in [-0.2, 0) is 21.0 Å². The average Bonchev–Trinajstić information content (AvgIpc) is 3.15. The van der Waals surface area contributed by atoms with Gasteiger partial charge in [0.2, 0.25) is 0 Å². The highest BCUT2D eigenvalue weighted by atomic mass is 32.2. The molecule has 2 fully saturated rings. The molecule has 7 nitrogen and oxygen atoms in total. The predicted octanol–water partition coefficient (Wildman–Crippen LogP) is 1.85. The molecule has 0 radical (unpaired) electrons. The van der Waals surface area contributed by atoms with Crippen LogP contribution in [-0.4, -0.2) is 68.7 Å². The molecule has 2 aliphatic rings. The topological polar surface area (TPSA) is 84.1 Å². The zero-order valence-electron chi connectivity index (χ0n) is 16.3. The van der Waals surface area contributed by atoms with Gasteiger partial charge < -0.3 is 19.4 Å². The Kier molecular flexibility index (Phi) is 6.47. The summed E-state index contributed by atoms with van der Waals surface area (Å²) in [5, 5.41) is 3.40. The summed E-state index contributed by atoms with van der Waals surface area (Å²) in [6.45, 7) is 6.57. The molecule has 1 aromatic heterocycles. The molecule has 152 valence electrons. The van der Waals surface area contributed by atoms with E-state index in [2.05, 4.69) is 10.2 Å². The van der Waals surface area contributed by atoms with E-state index in [4.69, 9.17) is 14.1 Å². The number of furan rings is 1. The van der Waals surface area contributed by atoms with Crippen LogP contribution < -0.4 is 5.32 Å². The van der Waals surface area contributed by atoms with Crippen molar-refractivity contribution in [2.75, 3.05) is 38.5 Å². The number of nitrogens with zero attached hydrogens (tertiary/aromatic N) is 2. The number of guanidine groups is 1. The molecule has 3 rings (SSSR count). The first-order chi connectivity index (χ1) is 12.9. The highest BCUT2D eigenvalue weighted by Crippen LogP contribution is 2.24. The Morgan fingerprint density at radius 3 is 2.93 bits per heavy atom. The molecule has 1 N–H and O–H groups in total. The van der Waals surface area contributed by atoms with E-state index in [-0.39, 0.29) is 11.9 Å². The minimum absolute atomic E-state index is 0.152. The van der Waals surface area contributed by atoms with Crippen LogP contribution in [0.5, 0.6) is 0 Å². The third-order valence-corrected chi connectivity index (χ3v) is 7.83. The van der Waals surface area contributed by atoms with Gasteiger partial charge in [0.1, 0.15) is 5.76 Å². The van der Waals surface area contributed by atoms with Crippen LogP contribution in [0.4, 0.5) is 0 Å². The quantitative estimate of drug-likeness (QED) is 0.603. The second-order valence-electron chi connectivity index (χ2n) is 7.91. The molecule has 0 bridgehead atoms. The zero-order valence-corrected chi connectivity index (χ0v) is 17.1. The fourth-order valence-corrected chi connectivity index (χ4v) is 4.85. The van der Waals surface area contributed by atoms with E-state index in [0.29, 0.717) is 26.2 Å². The summed E-state index contributed by atoms with van der Waals surface area (Å²) >= 11 is 0. The van der Waals surface area contributed by atoms with Gasteiger partial charge in [-0.2, -0.15) is 0 Å². The minimum atomic E-state index is -3.08. The van der Waals surface area contributed by atoms with Crippen molar-refractivity contribution in [3.63, 3.8) is 0 Å². The summed E-state index contributed by atoms with van der Waals surface area (Å²) in [7, 11) is -3.08. The van der Waals surface area contributed by atoms with Crippen LogP contribution >= 0.6 is 0 Å². The molecular weight excluding hydrogens is 366 g/mol. The predicted molar refractivity (Wildman–Crippen MR) is 106 cm³/mol. The number of hydrogen-bond donors (Lipinski definition) is 1. The maximum atomic E-state index is 12.3. The van der Waals surface area contributed by atoms with Gasteiger partial charge in [0.15, 0.2) is 15.8 Å². The highest BCUT2D eigenvalue weighted by Gasteiger charge is 2.41. The van der Waals surface area contributed by atoms with Crippen LogP contribution in [0.1, 0.15) is 38.9 Å². The maximum Gasteiger partial charge on any atom is 0.194 e. The van der Waals surface area contributed by atoms with E-state index < -0.39 is 14.6 Å². The number of hydrogen-bond acceptors (Lipinski definition) is 5. The summed E-state index contributed by atoms with van der Waals surface area (Å²) in [6.07, 6.45) is 5.90. The monoisotopic (exact) mass is 397 g/mol. The van der Waals surface area contributed by atoms with Gasteiger partial charge >= 0.3 is 0 Å². The largest absolute Gasteiger partial charge is 0.469 e. The van der Waals surface area contributed by atoms with Crippen LogP contribution in [0, 0.1) is 0 Å². The third-order valence-electron chi connectivity index (χ3n) is 5.30. The van der Waals surface area contributed by atoms with Gasteiger partial charge in [-0.25, -0.2) is 8.42 Å². The molecular formula is C19H31N3O4S. The first kappa shape index (κ1) is 20.2. The molecule has 2 aliphatic heterocycles. The molecule has 27 heavy (non-hydrogen) atoms. The van der Waals surface area contributed by atoms with Crippen molar-refractivity contribution < 1.29 is 17.6 Å². The maximum absolute atomic E-state index is 12.3. The Morgan fingerprint density at radius 2 is 2.26 bits per heavy atom. The summed E-state index contributed by atoms with van der Waals surface area (Å²) < 4.78 is 35.0. The summed E-state index contributed by atoms with van der Waals surface area (Å²) in [4.78, 5) is 6.85.